The number of nitrogens with zero attached hydrogens (tertiary/aromatic N) is 2. The van der Waals surface area contributed by atoms with Crippen LogP contribution < -0.4 is 5.32 Å². The zero-order valence-electron chi connectivity index (χ0n) is 10.6. The molecule has 0 amide bonds. The van der Waals surface area contributed by atoms with Gasteiger partial charge in [0.25, 0.3) is 0 Å². The minimum atomic E-state index is 0.0959. The van der Waals surface area contributed by atoms with Gasteiger partial charge in [-0.1, -0.05) is 0 Å². The summed E-state index contributed by atoms with van der Waals surface area (Å²) in [5, 5.41) is 4.31. The molecule has 0 radical (unpaired) electrons. The molecule has 1 atom stereocenters. The first-order valence-corrected chi connectivity index (χ1v) is 6.78. The molecule has 5 heteroatoms. The zero-order chi connectivity index (χ0) is 12.4. The molecule has 94 valence electrons. The van der Waals surface area contributed by atoms with Gasteiger partial charge < -0.3 is 10.2 Å². The number of nitrogens with one attached hydrogen (secondary N) is 1. The van der Waals surface area contributed by atoms with Gasteiger partial charge in [0.05, 0.1) is 11.3 Å². The maximum Gasteiger partial charge on any atom is 0.164 e. The van der Waals surface area contributed by atoms with Gasteiger partial charge in [-0.25, -0.2) is 0 Å². The summed E-state index contributed by atoms with van der Waals surface area (Å²) in [5.41, 5.74) is 1.60. The maximum absolute atomic E-state index is 11.5. The molecule has 0 aromatic carbocycles. The maximum atomic E-state index is 11.5. The van der Waals surface area contributed by atoms with Crippen LogP contribution in [0.15, 0.2) is 0 Å². The van der Waals surface area contributed by atoms with E-state index in [1.807, 2.05) is 6.92 Å². The van der Waals surface area contributed by atoms with E-state index >= 15 is 0 Å². The Morgan fingerprint density at radius 1 is 1.65 bits per heavy atom. The number of likely N-dealkylation sites (N-methyl/N-ethyl adjacent to an activating group) is 1. The van der Waals surface area contributed by atoms with Gasteiger partial charge in [0.15, 0.2) is 5.78 Å². The lowest BCUT2D eigenvalue weighted by atomic mass is 10.1. The fourth-order valence-corrected chi connectivity index (χ4v) is 3.20. The van der Waals surface area contributed by atoms with Gasteiger partial charge in [-0.15, -0.1) is 0 Å². The van der Waals surface area contributed by atoms with Crippen LogP contribution in [0.1, 0.15) is 35.8 Å². The van der Waals surface area contributed by atoms with E-state index in [0.29, 0.717) is 6.04 Å². The highest BCUT2D eigenvalue weighted by Gasteiger charge is 2.22. The van der Waals surface area contributed by atoms with Crippen molar-refractivity contribution in [2.75, 3.05) is 25.5 Å². The molecular weight excluding hydrogens is 234 g/mol. The number of carbonyl (C=O) groups excluding carboxylic acids is 1. The molecule has 0 saturated carbocycles. The lowest BCUT2D eigenvalue weighted by Crippen LogP contribution is -2.31. The van der Waals surface area contributed by atoms with Crippen LogP contribution in [0.25, 0.3) is 0 Å². The van der Waals surface area contributed by atoms with Crippen molar-refractivity contribution >= 4 is 22.3 Å². The third kappa shape index (κ3) is 2.66. The number of ketones is 1. The third-order valence-electron chi connectivity index (χ3n) is 3.38. The Bertz CT molecular complexity index is 416. The summed E-state index contributed by atoms with van der Waals surface area (Å²) < 4.78 is 4.25. The van der Waals surface area contributed by atoms with Crippen LogP contribution in [0, 0.1) is 6.92 Å². The van der Waals surface area contributed by atoms with Crippen molar-refractivity contribution in [3.8, 4) is 0 Å². The first-order valence-electron chi connectivity index (χ1n) is 6.01. The summed E-state index contributed by atoms with van der Waals surface area (Å²) in [6, 6.07) is 0.581. The fourth-order valence-electron chi connectivity index (χ4n) is 2.35. The largest absolute Gasteiger partial charge is 0.373 e. The second-order valence-corrected chi connectivity index (χ2v) is 5.46. The van der Waals surface area contributed by atoms with Crippen LogP contribution in [-0.2, 0) is 0 Å². The van der Waals surface area contributed by atoms with Gasteiger partial charge in [-0.2, -0.15) is 4.37 Å². The molecule has 0 aliphatic carbocycles. The Morgan fingerprint density at radius 2 is 2.41 bits per heavy atom. The van der Waals surface area contributed by atoms with Crippen molar-refractivity contribution in [1.29, 1.82) is 0 Å². The van der Waals surface area contributed by atoms with Gasteiger partial charge in [0, 0.05) is 12.6 Å². The normalized spacial score (nSPS) is 20.8. The van der Waals surface area contributed by atoms with E-state index in [2.05, 4.69) is 21.6 Å². The molecule has 1 unspecified atom stereocenters. The average Bonchev–Trinajstić information content (AvgIpc) is 2.82. The standard InChI is InChI=1S/C12H19N3OS/c1-8-11(9(2)16)12(17-14-8)13-7-10-5-4-6-15(10)3/h10,13H,4-7H2,1-3H3. The Labute approximate surface area is 106 Å². The van der Waals surface area contributed by atoms with Crippen molar-refractivity contribution in [3.05, 3.63) is 11.3 Å². The van der Waals surface area contributed by atoms with Crippen LogP contribution in [0.4, 0.5) is 5.00 Å². The van der Waals surface area contributed by atoms with E-state index in [-0.39, 0.29) is 5.78 Å². The number of likely N-dealkylation sites (tertiary alicyclic amines) is 1. The molecule has 2 heterocycles. The molecule has 1 aliphatic heterocycles. The summed E-state index contributed by atoms with van der Waals surface area (Å²) in [6.45, 7) is 5.57. The molecule has 2 rings (SSSR count). The van der Waals surface area contributed by atoms with Crippen molar-refractivity contribution in [3.63, 3.8) is 0 Å². The van der Waals surface area contributed by atoms with Crippen molar-refractivity contribution in [2.24, 2.45) is 0 Å². The predicted molar refractivity (Wildman–Crippen MR) is 71.0 cm³/mol. The van der Waals surface area contributed by atoms with Gasteiger partial charge >= 0.3 is 0 Å². The minimum absolute atomic E-state index is 0.0959. The Kier molecular flexibility index (Phi) is 3.79. The molecule has 1 aliphatic rings. The van der Waals surface area contributed by atoms with Crippen LogP contribution in [0.5, 0.6) is 0 Å². The molecular formula is C12H19N3OS. The Morgan fingerprint density at radius 3 is 3.00 bits per heavy atom. The van der Waals surface area contributed by atoms with Crippen LogP contribution >= 0.6 is 11.5 Å². The smallest absolute Gasteiger partial charge is 0.164 e. The Hall–Kier alpha value is -0.940. The molecule has 0 bridgehead atoms. The van der Waals surface area contributed by atoms with E-state index in [1.165, 1.54) is 30.9 Å². The van der Waals surface area contributed by atoms with Crippen molar-refractivity contribution < 1.29 is 4.79 Å². The first kappa shape index (κ1) is 12.5. The summed E-state index contributed by atoms with van der Waals surface area (Å²) in [6.07, 6.45) is 2.50. The molecule has 4 nitrogen and oxygen atoms in total. The van der Waals surface area contributed by atoms with E-state index < -0.39 is 0 Å². The number of anilines is 1. The van der Waals surface area contributed by atoms with Gasteiger partial charge in [-0.3, -0.25) is 4.79 Å². The van der Waals surface area contributed by atoms with Crippen LogP contribution in [0.2, 0.25) is 0 Å². The van der Waals surface area contributed by atoms with Gasteiger partial charge in [0.1, 0.15) is 5.00 Å². The molecule has 0 spiro atoms. The second kappa shape index (κ2) is 5.14. The number of hydrogen-bond donors (Lipinski definition) is 1. The van der Waals surface area contributed by atoms with Gasteiger partial charge in [0.2, 0.25) is 0 Å². The summed E-state index contributed by atoms with van der Waals surface area (Å²) in [5.74, 6) is 0.0959. The van der Waals surface area contributed by atoms with Crippen molar-refractivity contribution in [2.45, 2.75) is 32.7 Å². The quantitative estimate of drug-likeness (QED) is 0.835. The predicted octanol–water partition coefficient (Wildman–Crippen LogP) is 2.16. The molecule has 1 aromatic heterocycles. The average molecular weight is 253 g/mol. The fraction of sp³-hybridized carbons (Fsp3) is 0.667. The van der Waals surface area contributed by atoms with Crippen LogP contribution in [-0.4, -0.2) is 41.2 Å². The van der Waals surface area contributed by atoms with E-state index in [1.54, 1.807) is 6.92 Å². The van der Waals surface area contributed by atoms with Crippen LogP contribution in [0.3, 0.4) is 0 Å². The zero-order valence-corrected chi connectivity index (χ0v) is 11.4. The molecule has 17 heavy (non-hydrogen) atoms. The molecule has 1 saturated heterocycles. The highest BCUT2D eigenvalue weighted by atomic mass is 32.1. The summed E-state index contributed by atoms with van der Waals surface area (Å²) in [7, 11) is 2.16. The monoisotopic (exact) mass is 253 g/mol. The van der Waals surface area contributed by atoms with Gasteiger partial charge in [-0.05, 0) is 51.8 Å². The molecule has 1 fully saturated rings. The summed E-state index contributed by atoms with van der Waals surface area (Å²) in [4.78, 5) is 13.9. The van der Waals surface area contributed by atoms with Crippen molar-refractivity contribution in [1.82, 2.24) is 9.27 Å². The SMILES string of the molecule is CC(=O)c1c(C)nsc1NCC1CCCN1C. The number of carbonyl (C=O) groups is 1. The lowest BCUT2D eigenvalue weighted by molar-refractivity contribution is 0.101. The highest BCUT2D eigenvalue weighted by Crippen LogP contribution is 2.25. The second-order valence-electron chi connectivity index (χ2n) is 4.69. The highest BCUT2D eigenvalue weighted by molar-refractivity contribution is 7.10. The molecule has 1 aromatic rings. The summed E-state index contributed by atoms with van der Waals surface area (Å²) >= 11 is 1.39. The third-order valence-corrected chi connectivity index (χ3v) is 4.28. The minimum Gasteiger partial charge on any atom is -0.373 e. The number of hydrogen-bond acceptors (Lipinski definition) is 5. The number of aryl methyl sites for hydroxylation is 1. The Balaban J connectivity index is 2.01. The molecule has 1 N–H and O–H groups in total. The van der Waals surface area contributed by atoms with E-state index in [0.717, 1.165) is 22.8 Å². The van der Waals surface area contributed by atoms with E-state index in [4.69, 9.17) is 0 Å². The first-order chi connectivity index (χ1) is 8.09. The van der Waals surface area contributed by atoms with E-state index in [9.17, 15) is 4.79 Å². The number of Topliss-reactive ketones (excluding diaryl/α,β-unsaturated/α-hetero) is 1. The number of rotatable bonds is 4. The topological polar surface area (TPSA) is 45.2 Å². The number of aromatic nitrogens is 1. The lowest BCUT2D eigenvalue weighted by Gasteiger charge is -2.19.